The summed E-state index contributed by atoms with van der Waals surface area (Å²) in [6, 6.07) is 15.5. The van der Waals surface area contributed by atoms with Crippen molar-refractivity contribution in [2.75, 3.05) is 77.3 Å². The Morgan fingerprint density at radius 3 is 2.81 bits per heavy atom. The van der Waals surface area contributed by atoms with Crippen LogP contribution in [0.15, 0.2) is 48.5 Å². The van der Waals surface area contributed by atoms with Gasteiger partial charge in [-0.1, -0.05) is 6.07 Å². The lowest BCUT2D eigenvalue weighted by molar-refractivity contribution is -0.117. The molecule has 1 saturated heterocycles. The zero-order chi connectivity index (χ0) is 24.9. The van der Waals surface area contributed by atoms with Crippen molar-refractivity contribution in [3.63, 3.8) is 0 Å². The van der Waals surface area contributed by atoms with Crippen LogP contribution in [-0.4, -0.2) is 87.4 Å². The number of ether oxygens (including phenoxy) is 3. The maximum Gasteiger partial charge on any atom is 0.238 e. The summed E-state index contributed by atoms with van der Waals surface area (Å²) in [6.07, 6.45) is 0. The summed E-state index contributed by atoms with van der Waals surface area (Å²) in [5, 5.41) is 7.48. The average molecular weight is 492 g/mol. The molecule has 0 bridgehead atoms. The summed E-state index contributed by atoms with van der Waals surface area (Å²) >= 11 is 0. The number of carbonyl (C=O) groups excluding carboxylic acids is 1. The van der Waals surface area contributed by atoms with Crippen LogP contribution >= 0.6 is 0 Å². The molecule has 9 heteroatoms. The van der Waals surface area contributed by atoms with Crippen LogP contribution in [0.1, 0.15) is 11.6 Å². The van der Waals surface area contributed by atoms with Crippen molar-refractivity contribution in [1.29, 1.82) is 0 Å². The summed E-state index contributed by atoms with van der Waals surface area (Å²) in [6.45, 7) is 5.72. The van der Waals surface area contributed by atoms with Crippen LogP contribution in [-0.2, 0) is 9.53 Å². The van der Waals surface area contributed by atoms with E-state index < -0.39 is 0 Å². The molecular weight excluding hydrogens is 458 g/mol. The van der Waals surface area contributed by atoms with Gasteiger partial charge in [0.2, 0.25) is 5.91 Å². The molecule has 0 saturated carbocycles. The van der Waals surface area contributed by atoms with Gasteiger partial charge in [-0.2, -0.15) is 0 Å². The van der Waals surface area contributed by atoms with E-state index in [2.05, 4.69) is 27.5 Å². The van der Waals surface area contributed by atoms with Crippen molar-refractivity contribution in [1.82, 2.24) is 14.8 Å². The number of piperazine rings is 1. The fourth-order valence-electron chi connectivity index (χ4n) is 4.60. The van der Waals surface area contributed by atoms with Gasteiger partial charge in [-0.15, -0.1) is 0 Å². The Labute approximate surface area is 211 Å². The molecule has 1 atom stereocenters. The Kier molecular flexibility index (Phi) is 7.50. The first kappa shape index (κ1) is 24.3. The van der Waals surface area contributed by atoms with Gasteiger partial charge in [-0.25, -0.2) is 4.98 Å². The Hall–Kier alpha value is -3.40. The summed E-state index contributed by atoms with van der Waals surface area (Å²) in [5.41, 5.74) is 2.62. The largest absolute Gasteiger partial charge is 0.491 e. The van der Waals surface area contributed by atoms with E-state index in [4.69, 9.17) is 19.2 Å². The lowest BCUT2D eigenvalue weighted by Gasteiger charge is -2.31. The number of likely N-dealkylation sites (N-methyl/N-ethyl adjacent to an activating group) is 1. The first-order valence-corrected chi connectivity index (χ1v) is 12.3. The number of fused-ring (bicyclic) bond motifs is 2. The molecule has 1 unspecified atom stereocenters. The van der Waals surface area contributed by atoms with Crippen molar-refractivity contribution in [2.24, 2.45) is 0 Å². The molecule has 2 aromatic carbocycles. The topological polar surface area (TPSA) is 88.2 Å². The summed E-state index contributed by atoms with van der Waals surface area (Å²) < 4.78 is 16.9. The highest BCUT2D eigenvalue weighted by molar-refractivity contribution is 5.95. The quantitative estimate of drug-likeness (QED) is 0.442. The van der Waals surface area contributed by atoms with Crippen molar-refractivity contribution < 1.29 is 19.0 Å². The zero-order valence-electron chi connectivity index (χ0n) is 20.8. The smallest absolute Gasteiger partial charge is 0.238 e. The molecule has 1 aromatic heterocycles. The second kappa shape index (κ2) is 11.1. The number of hydrogen-bond acceptors (Lipinski definition) is 8. The Morgan fingerprint density at radius 1 is 1.11 bits per heavy atom. The number of rotatable bonds is 9. The predicted octanol–water partition coefficient (Wildman–Crippen LogP) is 2.99. The molecule has 0 aliphatic carbocycles. The number of pyridine rings is 1. The minimum absolute atomic E-state index is 0.00794. The molecule has 5 rings (SSSR count). The molecule has 36 heavy (non-hydrogen) atoms. The molecule has 2 aliphatic rings. The molecule has 1 amide bonds. The predicted molar refractivity (Wildman–Crippen MR) is 140 cm³/mol. The van der Waals surface area contributed by atoms with E-state index >= 15 is 0 Å². The molecule has 2 N–H and O–H groups in total. The second-order valence-corrected chi connectivity index (χ2v) is 9.25. The van der Waals surface area contributed by atoms with Crippen LogP contribution in [0.25, 0.3) is 10.9 Å². The fourth-order valence-corrected chi connectivity index (χ4v) is 4.60. The van der Waals surface area contributed by atoms with E-state index in [0.29, 0.717) is 26.4 Å². The maximum absolute atomic E-state index is 12.5. The van der Waals surface area contributed by atoms with E-state index in [1.807, 2.05) is 48.5 Å². The van der Waals surface area contributed by atoms with Crippen molar-refractivity contribution in [3.8, 4) is 11.5 Å². The monoisotopic (exact) mass is 491 g/mol. The number of methoxy groups -OCH3 is 1. The number of aromatic nitrogens is 1. The van der Waals surface area contributed by atoms with Crippen LogP contribution in [0, 0.1) is 0 Å². The minimum Gasteiger partial charge on any atom is -0.491 e. The van der Waals surface area contributed by atoms with Crippen molar-refractivity contribution >= 4 is 28.3 Å². The van der Waals surface area contributed by atoms with Gasteiger partial charge in [0.15, 0.2) is 0 Å². The van der Waals surface area contributed by atoms with Gasteiger partial charge in [-0.3, -0.25) is 9.69 Å². The number of carbonyl (C=O) groups is 1. The summed E-state index contributed by atoms with van der Waals surface area (Å²) in [4.78, 5) is 21.8. The molecule has 0 spiro atoms. The molecular formula is C27H33N5O4. The first-order valence-electron chi connectivity index (χ1n) is 12.3. The summed E-state index contributed by atoms with van der Waals surface area (Å²) in [7, 11) is 3.77. The van der Waals surface area contributed by atoms with Crippen LogP contribution in [0.5, 0.6) is 11.5 Å². The lowest BCUT2D eigenvalue weighted by atomic mass is 10.1. The highest BCUT2D eigenvalue weighted by atomic mass is 16.5. The lowest BCUT2D eigenvalue weighted by Crippen LogP contribution is -2.47. The van der Waals surface area contributed by atoms with Crippen molar-refractivity contribution in [2.45, 2.75) is 6.04 Å². The van der Waals surface area contributed by atoms with Gasteiger partial charge in [0.05, 0.1) is 30.3 Å². The van der Waals surface area contributed by atoms with E-state index in [1.165, 1.54) is 0 Å². The van der Waals surface area contributed by atoms with Gasteiger partial charge in [0, 0.05) is 44.4 Å². The Bertz CT molecular complexity index is 1210. The fraction of sp³-hybridized carbons (Fsp3) is 0.407. The van der Waals surface area contributed by atoms with Gasteiger partial charge in [0.25, 0.3) is 0 Å². The standard InChI is InChI=1S/C27H33N5O4/c1-31-10-12-32(13-11-31)17-26(33)28-20-7-8-21-19(16-20)6-9-25(29-21)30-22-18-36-24-5-3-4-23(27(22)24)35-15-14-34-2/h3-9,16,22H,10-15,17-18H2,1-2H3,(H,28,33)(H,29,30). The number of amides is 1. The molecule has 190 valence electrons. The average Bonchev–Trinajstić information content (AvgIpc) is 3.29. The number of hydrogen-bond donors (Lipinski definition) is 2. The van der Waals surface area contributed by atoms with Gasteiger partial charge in [-0.05, 0) is 49.5 Å². The SMILES string of the molecule is COCCOc1cccc2c1C(Nc1ccc3cc(NC(=O)CN4CCN(C)CC4)ccc3n1)CO2. The van der Waals surface area contributed by atoms with Gasteiger partial charge < -0.3 is 29.7 Å². The molecule has 9 nitrogen and oxygen atoms in total. The van der Waals surface area contributed by atoms with Gasteiger partial charge in [0.1, 0.15) is 30.5 Å². The van der Waals surface area contributed by atoms with Crippen LogP contribution < -0.4 is 20.1 Å². The van der Waals surface area contributed by atoms with E-state index in [1.54, 1.807) is 7.11 Å². The maximum atomic E-state index is 12.5. The zero-order valence-corrected chi connectivity index (χ0v) is 20.8. The van der Waals surface area contributed by atoms with E-state index in [0.717, 1.165) is 65.6 Å². The Morgan fingerprint density at radius 2 is 1.97 bits per heavy atom. The number of benzene rings is 2. The van der Waals surface area contributed by atoms with E-state index in [9.17, 15) is 4.79 Å². The van der Waals surface area contributed by atoms with E-state index in [-0.39, 0.29) is 11.9 Å². The highest BCUT2D eigenvalue weighted by Crippen LogP contribution is 2.40. The molecule has 2 aliphatic heterocycles. The second-order valence-electron chi connectivity index (χ2n) is 9.25. The third-order valence-electron chi connectivity index (χ3n) is 6.58. The summed E-state index contributed by atoms with van der Waals surface area (Å²) in [5.74, 6) is 2.37. The van der Waals surface area contributed by atoms with Crippen LogP contribution in [0.4, 0.5) is 11.5 Å². The third kappa shape index (κ3) is 5.70. The van der Waals surface area contributed by atoms with Crippen LogP contribution in [0.2, 0.25) is 0 Å². The molecule has 3 aromatic rings. The molecule has 0 radical (unpaired) electrons. The third-order valence-corrected chi connectivity index (χ3v) is 6.58. The number of nitrogens with one attached hydrogen (secondary N) is 2. The van der Waals surface area contributed by atoms with Gasteiger partial charge >= 0.3 is 0 Å². The molecule has 3 heterocycles. The van der Waals surface area contributed by atoms with Crippen molar-refractivity contribution in [3.05, 3.63) is 54.1 Å². The first-order chi connectivity index (χ1) is 17.6. The van der Waals surface area contributed by atoms with Crippen LogP contribution in [0.3, 0.4) is 0 Å². The molecule has 1 fully saturated rings. The number of anilines is 2. The minimum atomic E-state index is -0.0724. The highest BCUT2D eigenvalue weighted by Gasteiger charge is 2.28. The Balaban J connectivity index is 1.24. The number of nitrogens with zero attached hydrogens (tertiary/aromatic N) is 3. The normalized spacial score (nSPS) is 18.0.